The van der Waals surface area contributed by atoms with Crippen molar-refractivity contribution in [1.29, 1.82) is 0 Å². The zero-order valence-corrected chi connectivity index (χ0v) is 19.5. The lowest BCUT2D eigenvalue weighted by atomic mass is 10.0. The molecule has 2 atom stereocenters. The van der Waals surface area contributed by atoms with Crippen molar-refractivity contribution in [3.8, 4) is 0 Å². The van der Waals surface area contributed by atoms with Crippen LogP contribution in [0, 0.1) is 0 Å². The monoisotopic (exact) mass is 476 g/mol. The summed E-state index contributed by atoms with van der Waals surface area (Å²) in [6.07, 6.45) is 4.18. The van der Waals surface area contributed by atoms with Crippen LogP contribution in [0.15, 0.2) is 76.4 Å². The van der Waals surface area contributed by atoms with E-state index >= 15 is 0 Å². The normalized spacial score (nSPS) is 18.4. The maximum Gasteiger partial charge on any atom is 0.265 e. The van der Waals surface area contributed by atoms with Crippen LogP contribution in [-0.2, 0) is 4.79 Å². The summed E-state index contributed by atoms with van der Waals surface area (Å²) in [6, 6.07) is 17.6. The molecular weight excluding hydrogens is 452 g/mol. The standard InChI is InChI=1S/C26H25ClN4O3/c1-16(28-21-5-2-4-18(14-21)25(32)29-20-11-12-20)26(33)31-23(24-6-3-13-34-24)15-22(30-31)17-7-9-19(27)10-8-17/h2-10,13-14,16,20,23,28H,11-12,15H2,1H3,(H,29,32). The molecule has 3 aromatic rings. The Morgan fingerprint density at radius 3 is 2.62 bits per heavy atom. The van der Waals surface area contributed by atoms with E-state index in [1.807, 2.05) is 36.4 Å². The molecule has 0 bridgehead atoms. The lowest BCUT2D eigenvalue weighted by Crippen LogP contribution is -2.38. The van der Waals surface area contributed by atoms with Crippen LogP contribution >= 0.6 is 11.6 Å². The van der Waals surface area contributed by atoms with Crippen LogP contribution in [0.4, 0.5) is 5.69 Å². The molecule has 34 heavy (non-hydrogen) atoms. The number of hydrogen-bond donors (Lipinski definition) is 2. The topological polar surface area (TPSA) is 86.9 Å². The predicted molar refractivity (Wildman–Crippen MR) is 131 cm³/mol. The Hall–Kier alpha value is -3.58. The van der Waals surface area contributed by atoms with Crippen molar-refractivity contribution < 1.29 is 14.0 Å². The predicted octanol–water partition coefficient (Wildman–Crippen LogP) is 5.00. The number of rotatable bonds is 7. The maximum atomic E-state index is 13.5. The van der Waals surface area contributed by atoms with Gasteiger partial charge in [0.15, 0.2) is 0 Å². The van der Waals surface area contributed by atoms with Gasteiger partial charge in [0.05, 0.1) is 12.0 Å². The van der Waals surface area contributed by atoms with E-state index in [1.54, 1.807) is 37.5 Å². The number of amides is 2. The maximum absolute atomic E-state index is 13.5. The van der Waals surface area contributed by atoms with Gasteiger partial charge in [0.2, 0.25) is 0 Å². The summed E-state index contributed by atoms with van der Waals surface area (Å²) in [5.74, 6) is 0.380. The van der Waals surface area contributed by atoms with E-state index in [2.05, 4.69) is 15.7 Å². The second kappa shape index (κ2) is 9.35. The second-order valence-corrected chi connectivity index (χ2v) is 9.10. The molecule has 2 heterocycles. The zero-order chi connectivity index (χ0) is 23.7. The Morgan fingerprint density at radius 2 is 1.91 bits per heavy atom. The molecule has 5 rings (SSSR count). The molecule has 2 unspecified atom stereocenters. The summed E-state index contributed by atoms with van der Waals surface area (Å²) in [4.78, 5) is 25.9. The average Bonchev–Trinajstić information content (AvgIpc) is 3.31. The quantitative estimate of drug-likeness (QED) is 0.502. The minimum atomic E-state index is -0.576. The van der Waals surface area contributed by atoms with Crippen molar-refractivity contribution in [2.75, 3.05) is 5.32 Å². The molecule has 1 aliphatic carbocycles. The Balaban J connectivity index is 1.34. The smallest absolute Gasteiger partial charge is 0.265 e. The van der Waals surface area contributed by atoms with Gasteiger partial charge in [-0.3, -0.25) is 9.59 Å². The molecule has 1 fully saturated rings. The number of hydrazone groups is 1. The lowest BCUT2D eigenvalue weighted by Gasteiger charge is -2.24. The molecule has 174 valence electrons. The number of hydrogen-bond acceptors (Lipinski definition) is 5. The molecule has 2 aliphatic rings. The van der Waals surface area contributed by atoms with Crippen LogP contribution < -0.4 is 10.6 Å². The van der Waals surface area contributed by atoms with Crippen LogP contribution in [0.2, 0.25) is 5.02 Å². The Labute approximate surface area is 202 Å². The first-order chi connectivity index (χ1) is 16.5. The molecule has 2 aromatic carbocycles. The van der Waals surface area contributed by atoms with E-state index in [-0.39, 0.29) is 23.9 Å². The van der Waals surface area contributed by atoms with E-state index in [0.717, 1.165) is 24.1 Å². The number of anilines is 1. The number of halogens is 1. The molecule has 2 N–H and O–H groups in total. The van der Waals surface area contributed by atoms with Crippen LogP contribution in [0.5, 0.6) is 0 Å². The second-order valence-electron chi connectivity index (χ2n) is 8.67. The van der Waals surface area contributed by atoms with E-state index in [1.165, 1.54) is 5.01 Å². The first-order valence-corrected chi connectivity index (χ1v) is 11.7. The van der Waals surface area contributed by atoms with Crippen molar-refractivity contribution >= 4 is 34.8 Å². The molecule has 1 aliphatic heterocycles. The highest BCUT2D eigenvalue weighted by Crippen LogP contribution is 2.34. The fourth-order valence-electron chi connectivity index (χ4n) is 3.99. The van der Waals surface area contributed by atoms with E-state index in [4.69, 9.17) is 16.0 Å². The van der Waals surface area contributed by atoms with Crippen molar-refractivity contribution in [1.82, 2.24) is 10.3 Å². The third-order valence-electron chi connectivity index (χ3n) is 5.98. The summed E-state index contributed by atoms with van der Waals surface area (Å²) in [6.45, 7) is 1.79. The number of nitrogens with one attached hydrogen (secondary N) is 2. The number of carbonyl (C=O) groups excluding carboxylic acids is 2. The van der Waals surface area contributed by atoms with E-state index in [0.29, 0.717) is 28.5 Å². The number of nitrogens with zero attached hydrogens (tertiary/aromatic N) is 2. The summed E-state index contributed by atoms with van der Waals surface area (Å²) < 4.78 is 5.62. The van der Waals surface area contributed by atoms with Crippen LogP contribution in [0.1, 0.15) is 53.9 Å². The molecule has 0 spiro atoms. The molecule has 8 heteroatoms. The summed E-state index contributed by atoms with van der Waals surface area (Å²) >= 11 is 6.03. The molecule has 2 amide bonds. The summed E-state index contributed by atoms with van der Waals surface area (Å²) in [5, 5.41) is 13.0. The van der Waals surface area contributed by atoms with Crippen LogP contribution in [0.25, 0.3) is 0 Å². The minimum Gasteiger partial charge on any atom is -0.467 e. The largest absolute Gasteiger partial charge is 0.467 e. The SMILES string of the molecule is CC(Nc1cccc(C(=O)NC2CC2)c1)C(=O)N1N=C(c2ccc(Cl)cc2)CC1c1ccco1. The van der Waals surface area contributed by atoms with Gasteiger partial charge in [-0.2, -0.15) is 5.10 Å². The highest BCUT2D eigenvalue weighted by molar-refractivity contribution is 6.30. The van der Waals surface area contributed by atoms with Crippen molar-refractivity contribution in [3.63, 3.8) is 0 Å². The third-order valence-corrected chi connectivity index (χ3v) is 6.23. The Kier molecular flexibility index (Phi) is 6.11. The summed E-state index contributed by atoms with van der Waals surface area (Å²) in [5.41, 5.74) is 2.96. The third kappa shape index (κ3) is 4.84. The Morgan fingerprint density at radius 1 is 1.12 bits per heavy atom. The molecule has 1 aromatic heterocycles. The van der Waals surface area contributed by atoms with Crippen molar-refractivity contribution in [2.45, 2.75) is 44.3 Å². The van der Waals surface area contributed by atoms with Gasteiger partial charge in [0, 0.05) is 28.7 Å². The van der Waals surface area contributed by atoms with Gasteiger partial charge in [-0.15, -0.1) is 0 Å². The average molecular weight is 477 g/mol. The molecule has 1 saturated carbocycles. The highest BCUT2D eigenvalue weighted by atomic mass is 35.5. The first-order valence-electron chi connectivity index (χ1n) is 11.4. The van der Waals surface area contributed by atoms with Gasteiger partial charge in [-0.1, -0.05) is 29.8 Å². The Bertz CT molecular complexity index is 1220. The van der Waals surface area contributed by atoms with Gasteiger partial charge < -0.3 is 15.1 Å². The van der Waals surface area contributed by atoms with Gasteiger partial charge in [-0.25, -0.2) is 5.01 Å². The van der Waals surface area contributed by atoms with Gasteiger partial charge in [0.25, 0.3) is 11.8 Å². The lowest BCUT2D eigenvalue weighted by molar-refractivity contribution is -0.133. The molecule has 0 radical (unpaired) electrons. The molecule has 7 nitrogen and oxygen atoms in total. The summed E-state index contributed by atoms with van der Waals surface area (Å²) in [7, 11) is 0. The van der Waals surface area contributed by atoms with E-state index < -0.39 is 6.04 Å². The number of furan rings is 1. The number of benzene rings is 2. The van der Waals surface area contributed by atoms with Crippen molar-refractivity contribution in [3.05, 3.63) is 88.8 Å². The molecule has 0 saturated heterocycles. The van der Waals surface area contributed by atoms with Crippen molar-refractivity contribution in [2.24, 2.45) is 5.10 Å². The van der Waals surface area contributed by atoms with Crippen LogP contribution in [0.3, 0.4) is 0 Å². The molecular formula is C26H25ClN4O3. The fraction of sp³-hybridized carbons (Fsp3) is 0.269. The van der Waals surface area contributed by atoms with Gasteiger partial charge in [-0.05, 0) is 67.8 Å². The highest BCUT2D eigenvalue weighted by Gasteiger charge is 2.36. The zero-order valence-electron chi connectivity index (χ0n) is 18.7. The van der Waals surface area contributed by atoms with Gasteiger partial charge >= 0.3 is 0 Å². The number of carbonyl (C=O) groups is 2. The van der Waals surface area contributed by atoms with Crippen LogP contribution in [-0.4, -0.2) is 34.6 Å². The van der Waals surface area contributed by atoms with Gasteiger partial charge in [0.1, 0.15) is 17.8 Å². The van der Waals surface area contributed by atoms with E-state index in [9.17, 15) is 9.59 Å². The minimum absolute atomic E-state index is 0.0974. The first kappa shape index (κ1) is 22.2. The fourth-order valence-corrected chi connectivity index (χ4v) is 4.12.